The number of aliphatic hydroxyl groups is 1. The number of imidazole rings is 1. The zero-order valence-corrected chi connectivity index (χ0v) is 18.6. The van der Waals surface area contributed by atoms with E-state index in [1.165, 1.54) is 10.9 Å². The largest absolute Gasteiger partial charge is 0.482 e. The average Bonchev–Trinajstić information content (AvgIpc) is 3.42. The van der Waals surface area contributed by atoms with Crippen molar-refractivity contribution in [1.29, 1.82) is 0 Å². The quantitative estimate of drug-likeness (QED) is 0.407. The molecule has 0 aliphatic carbocycles. The number of para-hydroxylation sites is 1. The standard InChI is InChI=1S/C22H25N5O7/c1-12(2)20(30)25-22-24-19-18(21(31)26-22)23-11-27(19)16-8-14(15(9-28)33-16)34-17(29)10-32-13-6-4-3-5-7-13/h3-7,11-12,14-16,28H,8-10H2,1-2H3,(H2,24,25,26,30,31)/t14-,15+,16+/m0/s1. The Balaban J connectivity index is 1.48. The van der Waals surface area contributed by atoms with E-state index in [0.29, 0.717) is 5.75 Å². The predicted octanol–water partition coefficient (Wildman–Crippen LogP) is 0.985. The molecule has 1 aliphatic rings. The van der Waals surface area contributed by atoms with Crippen molar-refractivity contribution in [1.82, 2.24) is 19.5 Å². The first-order valence-corrected chi connectivity index (χ1v) is 10.8. The molecular formula is C22H25N5O7. The molecule has 180 valence electrons. The number of anilines is 1. The summed E-state index contributed by atoms with van der Waals surface area (Å²) in [5, 5.41) is 12.3. The van der Waals surface area contributed by atoms with E-state index in [2.05, 4.69) is 20.3 Å². The predicted molar refractivity (Wildman–Crippen MR) is 119 cm³/mol. The molecule has 3 heterocycles. The Hall–Kier alpha value is -3.77. The summed E-state index contributed by atoms with van der Waals surface area (Å²) in [5.74, 6) is -0.720. The Bertz CT molecular complexity index is 1220. The molecule has 1 fully saturated rings. The van der Waals surface area contributed by atoms with Gasteiger partial charge in [0.05, 0.1) is 12.9 Å². The van der Waals surface area contributed by atoms with Gasteiger partial charge in [-0.2, -0.15) is 4.98 Å². The number of amides is 1. The van der Waals surface area contributed by atoms with Crippen molar-refractivity contribution in [3.05, 3.63) is 47.0 Å². The van der Waals surface area contributed by atoms with Gasteiger partial charge in [-0.25, -0.2) is 9.78 Å². The highest BCUT2D eigenvalue weighted by Gasteiger charge is 2.39. The number of fused-ring (bicyclic) bond motifs is 1. The van der Waals surface area contributed by atoms with Gasteiger partial charge in [-0.1, -0.05) is 32.0 Å². The first-order valence-electron chi connectivity index (χ1n) is 10.8. The lowest BCUT2D eigenvalue weighted by molar-refractivity contribution is -0.155. The number of ether oxygens (including phenoxy) is 3. The van der Waals surface area contributed by atoms with E-state index in [0.717, 1.165) is 0 Å². The highest BCUT2D eigenvalue weighted by molar-refractivity contribution is 5.91. The van der Waals surface area contributed by atoms with Crippen LogP contribution in [0.3, 0.4) is 0 Å². The number of H-pyrrole nitrogens is 1. The number of rotatable bonds is 8. The van der Waals surface area contributed by atoms with E-state index in [1.54, 1.807) is 38.1 Å². The summed E-state index contributed by atoms with van der Waals surface area (Å²) in [6, 6.07) is 8.83. The normalized spacial score (nSPS) is 19.9. The van der Waals surface area contributed by atoms with Crippen LogP contribution < -0.4 is 15.6 Å². The minimum Gasteiger partial charge on any atom is -0.482 e. The third kappa shape index (κ3) is 5.07. The Morgan fingerprint density at radius 2 is 2.09 bits per heavy atom. The number of aromatic nitrogens is 4. The second-order valence-electron chi connectivity index (χ2n) is 8.06. The number of benzene rings is 1. The third-order valence-corrected chi connectivity index (χ3v) is 5.25. The van der Waals surface area contributed by atoms with E-state index in [9.17, 15) is 19.5 Å². The van der Waals surface area contributed by atoms with E-state index in [1.807, 2.05) is 6.07 Å². The molecule has 0 saturated carbocycles. The fraction of sp³-hybridized carbons (Fsp3) is 0.409. The highest BCUT2D eigenvalue weighted by Crippen LogP contribution is 2.32. The summed E-state index contributed by atoms with van der Waals surface area (Å²) < 4.78 is 18.2. The number of carbonyl (C=O) groups is 2. The Kier molecular flexibility index (Phi) is 6.89. The molecule has 0 spiro atoms. The molecule has 1 amide bonds. The Labute approximate surface area is 193 Å². The van der Waals surface area contributed by atoms with Crippen molar-refractivity contribution in [3.8, 4) is 5.75 Å². The Morgan fingerprint density at radius 3 is 2.79 bits per heavy atom. The van der Waals surface area contributed by atoms with Crippen LogP contribution >= 0.6 is 0 Å². The maximum absolute atomic E-state index is 12.4. The SMILES string of the molecule is CC(C)C(=O)Nc1nc2c(ncn2[C@H]2C[C@H](OC(=O)COc3ccccc3)[C@@H](CO)O2)c(=O)[nH]1. The van der Waals surface area contributed by atoms with Crippen LogP contribution in [0.5, 0.6) is 5.75 Å². The molecule has 1 aromatic carbocycles. The first kappa shape index (κ1) is 23.4. The molecule has 1 aliphatic heterocycles. The number of aliphatic hydroxyl groups excluding tert-OH is 1. The van der Waals surface area contributed by atoms with Gasteiger partial charge in [-0.05, 0) is 12.1 Å². The second-order valence-corrected chi connectivity index (χ2v) is 8.06. The smallest absolute Gasteiger partial charge is 0.344 e. The van der Waals surface area contributed by atoms with Crippen LogP contribution in [-0.2, 0) is 19.1 Å². The maximum atomic E-state index is 12.4. The summed E-state index contributed by atoms with van der Waals surface area (Å²) in [6.45, 7) is 2.74. The van der Waals surface area contributed by atoms with Gasteiger partial charge in [0, 0.05) is 12.3 Å². The van der Waals surface area contributed by atoms with E-state index < -0.39 is 30.0 Å². The fourth-order valence-electron chi connectivity index (χ4n) is 3.48. The third-order valence-electron chi connectivity index (χ3n) is 5.25. The lowest BCUT2D eigenvalue weighted by Gasteiger charge is -2.16. The number of hydrogen-bond donors (Lipinski definition) is 3. The minimum absolute atomic E-state index is 0.0179. The van der Waals surface area contributed by atoms with Crippen LogP contribution in [-0.4, -0.2) is 61.9 Å². The van der Waals surface area contributed by atoms with Crippen molar-refractivity contribution in [3.63, 3.8) is 0 Å². The van der Waals surface area contributed by atoms with Crippen molar-refractivity contribution in [2.24, 2.45) is 5.92 Å². The minimum atomic E-state index is -0.787. The van der Waals surface area contributed by atoms with Crippen LogP contribution in [0, 0.1) is 5.92 Å². The lowest BCUT2D eigenvalue weighted by atomic mass is 10.2. The molecule has 3 aromatic rings. The molecule has 0 radical (unpaired) electrons. The summed E-state index contributed by atoms with van der Waals surface area (Å²) in [5.41, 5.74) is -0.284. The van der Waals surface area contributed by atoms with Crippen LogP contribution in [0.1, 0.15) is 26.5 Å². The zero-order chi connectivity index (χ0) is 24.2. The zero-order valence-electron chi connectivity index (χ0n) is 18.6. The molecule has 34 heavy (non-hydrogen) atoms. The van der Waals surface area contributed by atoms with Gasteiger partial charge in [-0.15, -0.1) is 0 Å². The van der Waals surface area contributed by atoms with E-state index in [4.69, 9.17) is 14.2 Å². The molecule has 1 saturated heterocycles. The average molecular weight is 471 g/mol. The molecule has 12 heteroatoms. The summed E-state index contributed by atoms with van der Waals surface area (Å²) in [6.07, 6.45) is -0.678. The topological polar surface area (TPSA) is 158 Å². The van der Waals surface area contributed by atoms with Crippen molar-refractivity contribution in [2.75, 3.05) is 18.5 Å². The van der Waals surface area contributed by atoms with Gasteiger partial charge in [0.2, 0.25) is 11.9 Å². The number of aromatic amines is 1. The fourth-order valence-corrected chi connectivity index (χ4v) is 3.48. The number of nitrogens with one attached hydrogen (secondary N) is 2. The van der Waals surface area contributed by atoms with Crippen molar-refractivity contribution < 1.29 is 28.9 Å². The molecule has 2 aromatic heterocycles. The Morgan fingerprint density at radius 1 is 1.32 bits per heavy atom. The monoisotopic (exact) mass is 471 g/mol. The van der Waals surface area contributed by atoms with Crippen LogP contribution in [0.15, 0.2) is 41.5 Å². The molecule has 12 nitrogen and oxygen atoms in total. The van der Waals surface area contributed by atoms with Gasteiger partial charge in [0.25, 0.3) is 5.56 Å². The molecule has 0 bridgehead atoms. The summed E-state index contributed by atoms with van der Waals surface area (Å²) >= 11 is 0. The molecule has 4 rings (SSSR count). The maximum Gasteiger partial charge on any atom is 0.344 e. The molecule has 3 N–H and O–H groups in total. The number of carbonyl (C=O) groups excluding carboxylic acids is 2. The van der Waals surface area contributed by atoms with Gasteiger partial charge in [0.1, 0.15) is 24.2 Å². The summed E-state index contributed by atoms with van der Waals surface area (Å²) in [4.78, 5) is 47.6. The lowest BCUT2D eigenvalue weighted by Crippen LogP contribution is -2.31. The highest BCUT2D eigenvalue weighted by atomic mass is 16.6. The number of esters is 1. The van der Waals surface area contributed by atoms with Crippen LogP contribution in [0.25, 0.3) is 11.2 Å². The van der Waals surface area contributed by atoms with Crippen molar-refractivity contribution in [2.45, 2.75) is 38.7 Å². The van der Waals surface area contributed by atoms with E-state index >= 15 is 0 Å². The van der Waals surface area contributed by atoms with Gasteiger partial charge in [0.15, 0.2) is 17.8 Å². The second kappa shape index (κ2) is 10.0. The summed E-state index contributed by atoms with van der Waals surface area (Å²) in [7, 11) is 0. The van der Waals surface area contributed by atoms with Crippen LogP contribution in [0.2, 0.25) is 0 Å². The molecule has 0 unspecified atom stereocenters. The van der Waals surface area contributed by atoms with Gasteiger partial charge < -0.3 is 19.3 Å². The molecule has 3 atom stereocenters. The van der Waals surface area contributed by atoms with Gasteiger partial charge in [-0.3, -0.25) is 24.5 Å². The van der Waals surface area contributed by atoms with Gasteiger partial charge >= 0.3 is 5.97 Å². The van der Waals surface area contributed by atoms with Crippen molar-refractivity contribution >= 4 is 29.0 Å². The van der Waals surface area contributed by atoms with Crippen LogP contribution in [0.4, 0.5) is 5.95 Å². The number of hydrogen-bond acceptors (Lipinski definition) is 9. The van der Waals surface area contributed by atoms with E-state index in [-0.39, 0.29) is 48.6 Å². The molecular weight excluding hydrogens is 446 g/mol. The number of nitrogens with zero attached hydrogens (tertiary/aromatic N) is 3. The first-order chi connectivity index (χ1) is 16.4.